The topological polar surface area (TPSA) is 84.9 Å². The number of nitrogens with one attached hydrogen (secondary N) is 1. The maximum Gasteiger partial charge on any atom is 0.255 e. The molecule has 0 unspecified atom stereocenters. The number of carbonyl (C=O) groups excluding carboxylic acids is 1. The molecule has 0 aromatic heterocycles. The first-order valence-corrected chi connectivity index (χ1v) is 9.95. The van der Waals surface area contributed by atoms with Gasteiger partial charge in [0.25, 0.3) is 5.91 Å². The van der Waals surface area contributed by atoms with Gasteiger partial charge < -0.3 is 14.8 Å². The number of benzene rings is 2. The second-order valence-corrected chi connectivity index (χ2v) is 8.18. The van der Waals surface area contributed by atoms with Crippen LogP contribution < -0.4 is 19.1 Å². The Morgan fingerprint density at radius 1 is 1.00 bits per heavy atom. The van der Waals surface area contributed by atoms with E-state index in [9.17, 15) is 13.2 Å². The Bertz CT molecular complexity index is 941. The summed E-state index contributed by atoms with van der Waals surface area (Å²) in [4.78, 5) is 12.4. The molecule has 0 bridgehead atoms. The Hall–Kier alpha value is -2.74. The predicted octanol–water partition coefficient (Wildman–Crippen LogP) is 2.60. The van der Waals surface area contributed by atoms with Crippen LogP contribution in [0, 0.1) is 0 Å². The van der Waals surface area contributed by atoms with Crippen molar-refractivity contribution in [1.82, 2.24) is 0 Å². The zero-order chi connectivity index (χ0) is 18.1. The second kappa shape index (κ2) is 6.53. The van der Waals surface area contributed by atoms with Gasteiger partial charge in [-0.1, -0.05) is 0 Å². The van der Waals surface area contributed by atoms with E-state index in [2.05, 4.69) is 5.32 Å². The van der Waals surface area contributed by atoms with Crippen molar-refractivity contribution in [3.8, 4) is 11.5 Å². The molecule has 1 amide bonds. The Labute approximate surface area is 151 Å². The molecular weight excluding hydrogens is 356 g/mol. The van der Waals surface area contributed by atoms with E-state index >= 15 is 0 Å². The van der Waals surface area contributed by atoms with Gasteiger partial charge in [-0.05, 0) is 49.2 Å². The second-order valence-electron chi connectivity index (χ2n) is 6.16. The fraction of sp³-hybridized carbons (Fsp3) is 0.278. The van der Waals surface area contributed by atoms with Crippen LogP contribution in [0.25, 0.3) is 0 Å². The summed E-state index contributed by atoms with van der Waals surface area (Å²) < 4.78 is 36.3. The van der Waals surface area contributed by atoms with Gasteiger partial charge in [-0.3, -0.25) is 9.10 Å². The zero-order valence-corrected chi connectivity index (χ0v) is 14.8. The molecule has 2 aromatic rings. The molecule has 136 valence electrons. The van der Waals surface area contributed by atoms with E-state index in [1.165, 1.54) is 4.31 Å². The van der Waals surface area contributed by atoms with Crippen LogP contribution in [0.3, 0.4) is 0 Å². The number of anilines is 2. The molecule has 2 aliphatic heterocycles. The Morgan fingerprint density at radius 2 is 1.77 bits per heavy atom. The van der Waals surface area contributed by atoms with Crippen molar-refractivity contribution in [2.75, 3.05) is 28.7 Å². The van der Waals surface area contributed by atoms with E-state index in [0.717, 1.165) is 6.42 Å². The molecule has 1 fully saturated rings. The highest BCUT2D eigenvalue weighted by Crippen LogP contribution is 2.34. The first-order valence-electron chi connectivity index (χ1n) is 8.34. The Balaban J connectivity index is 1.49. The minimum Gasteiger partial charge on any atom is -0.454 e. The molecule has 8 heteroatoms. The average Bonchev–Trinajstić information content (AvgIpc) is 3.09. The van der Waals surface area contributed by atoms with Gasteiger partial charge in [0, 0.05) is 23.9 Å². The molecule has 0 radical (unpaired) electrons. The van der Waals surface area contributed by atoms with Crippen LogP contribution in [-0.2, 0) is 10.0 Å². The summed E-state index contributed by atoms with van der Waals surface area (Å²) >= 11 is 0. The summed E-state index contributed by atoms with van der Waals surface area (Å²) in [6.07, 6.45) is 1.53. The minimum atomic E-state index is -3.26. The first kappa shape index (κ1) is 16.7. The van der Waals surface area contributed by atoms with Gasteiger partial charge in [-0.25, -0.2) is 8.42 Å². The lowest BCUT2D eigenvalue weighted by atomic mass is 10.2. The number of hydrogen-bond acceptors (Lipinski definition) is 5. The van der Waals surface area contributed by atoms with Crippen LogP contribution >= 0.6 is 0 Å². The Morgan fingerprint density at radius 3 is 2.54 bits per heavy atom. The van der Waals surface area contributed by atoms with E-state index < -0.39 is 10.0 Å². The van der Waals surface area contributed by atoms with Crippen LogP contribution in [0.2, 0.25) is 0 Å². The summed E-state index contributed by atoms with van der Waals surface area (Å²) in [6, 6.07) is 11.8. The fourth-order valence-electron chi connectivity index (χ4n) is 3.04. The third-order valence-corrected chi connectivity index (χ3v) is 6.27. The summed E-state index contributed by atoms with van der Waals surface area (Å²) in [5.74, 6) is 1.12. The summed E-state index contributed by atoms with van der Waals surface area (Å²) in [5.41, 5.74) is 1.63. The maximum atomic E-state index is 12.4. The average molecular weight is 374 g/mol. The highest BCUT2D eigenvalue weighted by atomic mass is 32.2. The SMILES string of the molecule is O=C(Nc1ccc2c(c1)OCO2)c1ccc(N2CCCCS2(=O)=O)cc1. The van der Waals surface area contributed by atoms with Gasteiger partial charge in [0.2, 0.25) is 16.8 Å². The third-order valence-electron chi connectivity index (χ3n) is 4.40. The van der Waals surface area contributed by atoms with Crippen molar-refractivity contribution in [3.63, 3.8) is 0 Å². The number of ether oxygens (including phenoxy) is 2. The van der Waals surface area contributed by atoms with Crippen molar-refractivity contribution in [3.05, 3.63) is 48.0 Å². The first-order chi connectivity index (χ1) is 12.5. The number of nitrogens with zero attached hydrogens (tertiary/aromatic N) is 1. The molecule has 7 nitrogen and oxygen atoms in total. The lowest BCUT2D eigenvalue weighted by Gasteiger charge is -2.28. The smallest absolute Gasteiger partial charge is 0.255 e. The standard InChI is InChI=1S/C18H18N2O5S/c21-18(19-14-5-8-16-17(11-14)25-12-24-16)13-3-6-15(7-4-13)20-9-1-2-10-26(20,22)23/h3-8,11H,1-2,9-10,12H2,(H,19,21). The third kappa shape index (κ3) is 3.20. The molecule has 4 rings (SSSR count). The lowest BCUT2D eigenvalue weighted by Crippen LogP contribution is -2.37. The van der Waals surface area contributed by atoms with E-state index in [0.29, 0.717) is 41.4 Å². The van der Waals surface area contributed by atoms with Gasteiger partial charge in [-0.15, -0.1) is 0 Å². The minimum absolute atomic E-state index is 0.166. The molecular formula is C18H18N2O5S. The van der Waals surface area contributed by atoms with E-state index in [4.69, 9.17) is 9.47 Å². The molecule has 2 aliphatic rings. The van der Waals surface area contributed by atoms with Crippen molar-refractivity contribution in [2.45, 2.75) is 12.8 Å². The maximum absolute atomic E-state index is 12.4. The van der Waals surface area contributed by atoms with Gasteiger partial charge >= 0.3 is 0 Å². The predicted molar refractivity (Wildman–Crippen MR) is 97.3 cm³/mol. The quantitative estimate of drug-likeness (QED) is 0.893. The molecule has 1 saturated heterocycles. The number of rotatable bonds is 3. The van der Waals surface area contributed by atoms with Crippen LogP contribution in [0.15, 0.2) is 42.5 Å². The largest absolute Gasteiger partial charge is 0.454 e. The van der Waals surface area contributed by atoms with E-state index in [-0.39, 0.29) is 18.5 Å². The van der Waals surface area contributed by atoms with Gasteiger partial charge in [0.1, 0.15) is 0 Å². The van der Waals surface area contributed by atoms with E-state index in [1.54, 1.807) is 42.5 Å². The highest BCUT2D eigenvalue weighted by molar-refractivity contribution is 7.92. The van der Waals surface area contributed by atoms with Gasteiger partial charge in [-0.2, -0.15) is 0 Å². The van der Waals surface area contributed by atoms with Crippen molar-refractivity contribution >= 4 is 27.3 Å². The summed E-state index contributed by atoms with van der Waals surface area (Å²) in [6.45, 7) is 0.651. The van der Waals surface area contributed by atoms with Gasteiger partial charge in [0.15, 0.2) is 11.5 Å². The number of sulfonamides is 1. The van der Waals surface area contributed by atoms with Gasteiger partial charge in [0.05, 0.1) is 11.4 Å². The summed E-state index contributed by atoms with van der Waals surface area (Å²) in [7, 11) is -3.26. The number of carbonyl (C=O) groups is 1. The molecule has 2 aromatic carbocycles. The van der Waals surface area contributed by atoms with E-state index in [1.807, 2.05) is 0 Å². The molecule has 2 heterocycles. The van der Waals surface area contributed by atoms with Crippen LogP contribution in [0.4, 0.5) is 11.4 Å². The van der Waals surface area contributed by atoms with Crippen molar-refractivity contribution < 1.29 is 22.7 Å². The monoisotopic (exact) mass is 374 g/mol. The molecule has 0 aliphatic carbocycles. The normalized spacial score (nSPS) is 17.8. The number of hydrogen-bond donors (Lipinski definition) is 1. The fourth-order valence-corrected chi connectivity index (χ4v) is 4.67. The van der Waals surface area contributed by atoms with Crippen molar-refractivity contribution in [2.24, 2.45) is 0 Å². The van der Waals surface area contributed by atoms with Crippen LogP contribution in [0.5, 0.6) is 11.5 Å². The molecule has 0 atom stereocenters. The van der Waals surface area contributed by atoms with Crippen LogP contribution in [0.1, 0.15) is 23.2 Å². The Kier molecular flexibility index (Phi) is 4.20. The summed E-state index contributed by atoms with van der Waals surface area (Å²) in [5, 5.41) is 2.80. The molecule has 0 spiro atoms. The molecule has 0 saturated carbocycles. The zero-order valence-electron chi connectivity index (χ0n) is 14.0. The highest BCUT2D eigenvalue weighted by Gasteiger charge is 2.26. The number of amides is 1. The van der Waals surface area contributed by atoms with Crippen molar-refractivity contribution in [1.29, 1.82) is 0 Å². The van der Waals surface area contributed by atoms with Crippen LogP contribution in [-0.4, -0.2) is 33.4 Å². The number of fused-ring (bicyclic) bond motifs is 1. The molecule has 1 N–H and O–H groups in total. The molecule has 26 heavy (non-hydrogen) atoms. The lowest BCUT2D eigenvalue weighted by molar-refractivity contribution is 0.102.